The van der Waals surface area contributed by atoms with Crippen LogP contribution < -0.4 is 11.1 Å². The first-order valence-corrected chi connectivity index (χ1v) is 11.2. The Morgan fingerprint density at radius 1 is 1.22 bits per heavy atom. The van der Waals surface area contributed by atoms with Gasteiger partial charge in [-0.1, -0.05) is 30.3 Å². The summed E-state index contributed by atoms with van der Waals surface area (Å²) in [6.45, 7) is 6.24. The molecule has 3 unspecified atom stereocenters. The van der Waals surface area contributed by atoms with Gasteiger partial charge in [-0.25, -0.2) is 4.79 Å². The van der Waals surface area contributed by atoms with Gasteiger partial charge in [0.1, 0.15) is 23.2 Å². The highest BCUT2D eigenvalue weighted by atomic mass is 32.2. The summed E-state index contributed by atoms with van der Waals surface area (Å²) in [6.07, 6.45) is 0. The Labute approximate surface area is 190 Å². The Morgan fingerprint density at radius 3 is 2.50 bits per heavy atom. The van der Waals surface area contributed by atoms with Crippen LogP contribution in [0.5, 0.6) is 0 Å². The summed E-state index contributed by atoms with van der Waals surface area (Å²) in [5.74, 6) is -1.68. The van der Waals surface area contributed by atoms with Crippen LogP contribution in [0.2, 0.25) is 0 Å². The highest BCUT2D eigenvalue weighted by Gasteiger charge is 2.54. The van der Waals surface area contributed by atoms with Gasteiger partial charge < -0.3 is 20.5 Å². The van der Waals surface area contributed by atoms with Crippen molar-refractivity contribution in [1.29, 1.82) is 0 Å². The number of nitrogens with one attached hydrogen (secondary N) is 1. The molecular formula is C22H27N3O6S. The van der Waals surface area contributed by atoms with Crippen molar-refractivity contribution in [3.63, 3.8) is 0 Å². The van der Waals surface area contributed by atoms with Crippen molar-refractivity contribution in [3.8, 4) is 0 Å². The fraction of sp³-hybridized carbons (Fsp3) is 0.455. The molecule has 2 aliphatic heterocycles. The molecule has 2 aliphatic rings. The molecule has 2 amide bonds. The second kappa shape index (κ2) is 9.33. The van der Waals surface area contributed by atoms with Crippen LogP contribution in [0.3, 0.4) is 0 Å². The molecule has 0 radical (unpaired) electrons. The lowest BCUT2D eigenvalue weighted by molar-refractivity contribution is -0.173. The van der Waals surface area contributed by atoms with Crippen molar-refractivity contribution < 1.29 is 28.7 Å². The van der Waals surface area contributed by atoms with Crippen LogP contribution in [-0.2, 0) is 28.7 Å². The SMILES string of the molecule is CC1=C(C(=O)OCOC(=O)C(C)(C)C)N2C(=O)C(NC(=O)C(N)c3ccccc3)C2SC1. The molecule has 1 saturated heterocycles. The summed E-state index contributed by atoms with van der Waals surface area (Å²) in [5, 5.41) is 2.25. The van der Waals surface area contributed by atoms with Crippen molar-refractivity contribution in [2.24, 2.45) is 11.1 Å². The van der Waals surface area contributed by atoms with E-state index in [-0.39, 0.29) is 5.70 Å². The molecule has 32 heavy (non-hydrogen) atoms. The second-order valence-corrected chi connectivity index (χ2v) is 9.75. The number of hydrogen-bond acceptors (Lipinski definition) is 8. The topological polar surface area (TPSA) is 128 Å². The number of β-lactam (4-membered cyclic amide) rings is 1. The van der Waals surface area contributed by atoms with Crippen molar-refractivity contribution in [2.75, 3.05) is 12.5 Å². The number of ether oxygens (including phenoxy) is 2. The number of thioether (sulfide) groups is 1. The van der Waals surface area contributed by atoms with E-state index in [1.54, 1.807) is 52.0 Å². The van der Waals surface area contributed by atoms with Gasteiger partial charge in [-0.15, -0.1) is 11.8 Å². The summed E-state index contributed by atoms with van der Waals surface area (Å²) in [7, 11) is 0. The minimum absolute atomic E-state index is 0.114. The second-order valence-electron chi connectivity index (χ2n) is 8.64. The van der Waals surface area contributed by atoms with E-state index in [1.165, 1.54) is 16.7 Å². The maximum absolute atomic E-state index is 12.8. The third kappa shape index (κ3) is 4.81. The molecule has 1 aromatic rings. The van der Waals surface area contributed by atoms with Gasteiger partial charge in [0.25, 0.3) is 5.91 Å². The molecule has 10 heteroatoms. The molecule has 172 valence electrons. The lowest BCUT2D eigenvalue weighted by atomic mass is 9.98. The lowest BCUT2D eigenvalue weighted by Crippen LogP contribution is -2.71. The first-order valence-electron chi connectivity index (χ1n) is 10.1. The molecule has 0 bridgehead atoms. The fourth-order valence-corrected chi connectivity index (χ4v) is 4.53. The average molecular weight is 462 g/mol. The number of esters is 2. The molecular weight excluding hydrogens is 434 g/mol. The third-order valence-corrected chi connectivity index (χ3v) is 6.51. The maximum atomic E-state index is 12.8. The molecule has 1 aromatic carbocycles. The minimum atomic E-state index is -0.911. The number of amides is 2. The Balaban J connectivity index is 1.62. The largest absolute Gasteiger partial charge is 0.427 e. The predicted octanol–water partition coefficient (Wildman–Crippen LogP) is 1.45. The Bertz CT molecular complexity index is 956. The van der Waals surface area contributed by atoms with E-state index in [1.807, 2.05) is 6.07 Å². The molecule has 3 rings (SSSR count). The maximum Gasteiger partial charge on any atom is 0.357 e. The number of carbonyl (C=O) groups is 4. The molecule has 0 spiro atoms. The average Bonchev–Trinajstić information content (AvgIpc) is 2.76. The zero-order valence-electron chi connectivity index (χ0n) is 18.4. The van der Waals surface area contributed by atoms with Crippen LogP contribution in [0, 0.1) is 5.41 Å². The van der Waals surface area contributed by atoms with Crippen molar-refractivity contribution in [1.82, 2.24) is 10.2 Å². The Morgan fingerprint density at radius 2 is 1.88 bits per heavy atom. The van der Waals surface area contributed by atoms with Gasteiger partial charge in [0, 0.05) is 5.75 Å². The molecule has 3 N–H and O–H groups in total. The monoisotopic (exact) mass is 461 g/mol. The van der Waals surface area contributed by atoms with Crippen LogP contribution >= 0.6 is 11.8 Å². The summed E-state index contributed by atoms with van der Waals surface area (Å²) in [6, 6.07) is 7.14. The van der Waals surface area contributed by atoms with Gasteiger partial charge in [-0.2, -0.15) is 0 Å². The third-order valence-electron chi connectivity index (χ3n) is 5.08. The van der Waals surface area contributed by atoms with E-state index < -0.39 is 53.4 Å². The minimum Gasteiger partial charge on any atom is -0.427 e. The number of rotatable bonds is 6. The highest BCUT2D eigenvalue weighted by Crippen LogP contribution is 2.40. The summed E-state index contributed by atoms with van der Waals surface area (Å²) >= 11 is 1.43. The molecule has 9 nitrogen and oxygen atoms in total. The number of carbonyl (C=O) groups excluding carboxylic acids is 4. The van der Waals surface area contributed by atoms with E-state index in [2.05, 4.69) is 5.32 Å². The van der Waals surface area contributed by atoms with Crippen LogP contribution in [0.1, 0.15) is 39.3 Å². The number of benzene rings is 1. The van der Waals surface area contributed by atoms with E-state index in [0.29, 0.717) is 16.9 Å². The summed E-state index contributed by atoms with van der Waals surface area (Å²) in [4.78, 5) is 51.1. The molecule has 0 saturated carbocycles. The highest BCUT2D eigenvalue weighted by molar-refractivity contribution is 8.00. The van der Waals surface area contributed by atoms with Gasteiger partial charge in [0.2, 0.25) is 12.7 Å². The zero-order chi connectivity index (χ0) is 23.6. The standard InChI is InChI=1S/C22H27N3O6S/c1-12-10-32-19-15(24-17(26)14(23)13-8-6-5-7-9-13)18(27)25(19)16(12)20(28)30-11-31-21(29)22(2,3)4/h5-9,14-15,19H,10-11,23H2,1-4H3,(H,24,26). The van der Waals surface area contributed by atoms with Crippen molar-refractivity contribution >= 4 is 35.5 Å². The van der Waals surface area contributed by atoms with Crippen LogP contribution in [0.15, 0.2) is 41.6 Å². The smallest absolute Gasteiger partial charge is 0.357 e. The van der Waals surface area contributed by atoms with Gasteiger partial charge in [-0.3, -0.25) is 19.3 Å². The van der Waals surface area contributed by atoms with E-state index in [0.717, 1.165) is 0 Å². The van der Waals surface area contributed by atoms with Crippen LogP contribution in [0.25, 0.3) is 0 Å². The van der Waals surface area contributed by atoms with Gasteiger partial charge in [0.05, 0.1) is 5.41 Å². The quantitative estimate of drug-likeness (QED) is 0.370. The molecule has 0 aliphatic carbocycles. The van der Waals surface area contributed by atoms with Gasteiger partial charge in [-0.05, 0) is 38.8 Å². The molecule has 3 atom stereocenters. The number of hydrogen-bond donors (Lipinski definition) is 2. The Kier molecular flexibility index (Phi) is 6.94. The number of nitrogens with two attached hydrogens (primary N) is 1. The lowest BCUT2D eigenvalue weighted by Gasteiger charge is -2.49. The van der Waals surface area contributed by atoms with Crippen molar-refractivity contribution in [3.05, 3.63) is 47.2 Å². The van der Waals surface area contributed by atoms with E-state index >= 15 is 0 Å². The van der Waals surface area contributed by atoms with Gasteiger partial charge in [0.15, 0.2) is 0 Å². The normalized spacial score (nSPS) is 21.3. The first kappa shape index (κ1) is 23.8. The first-order chi connectivity index (χ1) is 15.0. The van der Waals surface area contributed by atoms with Crippen LogP contribution in [0.4, 0.5) is 0 Å². The van der Waals surface area contributed by atoms with Gasteiger partial charge >= 0.3 is 11.9 Å². The summed E-state index contributed by atoms with van der Waals surface area (Å²) in [5.41, 5.74) is 6.70. The fourth-order valence-electron chi connectivity index (χ4n) is 3.24. The number of nitrogens with zero attached hydrogens (tertiary/aromatic N) is 1. The molecule has 2 heterocycles. The predicted molar refractivity (Wildman–Crippen MR) is 118 cm³/mol. The summed E-state index contributed by atoms with van der Waals surface area (Å²) < 4.78 is 10.0. The van der Waals surface area contributed by atoms with Crippen molar-refractivity contribution in [2.45, 2.75) is 45.2 Å². The Hall–Kier alpha value is -2.85. The molecule has 0 aromatic heterocycles. The van der Waals surface area contributed by atoms with E-state index in [9.17, 15) is 19.2 Å². The number of fused-ring (bicyclic) bond motifs is 1. The molecule has 1 fully saturated rings. The zero-order valence-corrected chi connectivity index (χ0v) is 19.2. The van der Waals surface area contributed by atoms with Crippen LogP contribution in [-0.4, -0.2) is 52.6 Å². The van der Waals surface area contributed by atoms with E-state index in [4.69, 9.17) is 15.2 Å².